The topological polar surface area (TPSA) is 87.7 Å². The number of rotatable bonds is 0. The summed E-state index contributed by atoms with van der Waals surface area (Å²) in [6.07, 6.45) is 0. The Bertz CT molecular complexity index is 945. The van der Waals surface area contributed by atoms with Crippen LogP contribution in [-0.2, 0) is 0 Å². The number of hydrogen-bond donors (Lipinski definition) is 2. The molecule has 0 aromatic heterocycles. The first-order valence-electron chi connectivity index (χ1n) is 5.36. The fourth-order valence-corrected chi connectivity index (χ4v) is 2.13. The lowest BCUT2D eigenvalue weighted by molar-refractivity contribution is 0.0938. The van der Waals surface area contributed by atoms with Crippen molar-refractivity contribution in [1.82, 2.24) is 14.5 Å². The number of hydrogen-bond acceptors (Lipinski definition) is 3. The molecule has 2 heterocycles. The van der Waals surface area contributed by atoms with E-state index in [1.807, 2.05) is 0 Å². The van der Waals surface area contributed by atoms with Crippen LogP contribution in [0.2, 0.25) is 0 Å². The minimum Gasteiger partial charge on any atom is -0.347 e. The molecule has 3 rings (SSSR count). The summed E-state index contributed by atoms with van der Waals surface area (Å²) in [4.78, 5) is 40.1. The maximum absolute atomic E-state index is 11.7. The van der Waals surface area contributed by atoms with Gasteiger partial charge in [-0.1, -0.05) is 12.1 Å². The Labute approximate surface area is 99.5 Å². The van der Waals surface area contributed by atoms with Crippen molar-refractivity contribution in [1.29, 1.82) is 0 Å². The summed E-state index contributed by atoms with van der Waals surface area (Å²) in [6, 6.07) is 7.00. The third-order valence-electron chi connectivity index (χ3n) is 2.85. The number of aromatic nitrogens is 3. The van der Waals surface area contributed by atoms with Gasteiger partial charge in [0.25, 0.3) is 11.1 Å². The largest absolute Gasteiger partial charge is 0.347 e. The van der Waals surface area contributed by atoms with Gasteiger partial charge in [-0.3, -0.25) is 23.9 Å². The Morgan fingerprint density at radius 1 is 1.11 bits per heavy atom. The van der Waals surface area contributed by atoms with E-state index in [0.29, 0.717) is 11.0 Å². The van der Waals surface area contributed by atoms with Crippen LogP contribution in [0.25, 0.3) is 11.0 Å². The first-order valence-corrected chi connectivity index (χ1v) is 5.36. The molecular formula is C12H9N3O3. The van der Waals surface area contributed by atoms with E-state index in [1.54, 1.807) is 24.3 Å². The normalized spacial score (nSPS) is 11.2. The van der Waals surface area contributed by atoms with Crippen LogP contribution in [0.4, 0.5) is 0 Å². The van der Waals surface area contributed by atoms with E-state index < -0.39 is 11.1 Å². The van der Waals surface area contributed by atoms with Gasteiger partial charge in [0, 0.05) is 6.92 Å². The second kappa shape index (κ2) is 3.43. The summed E-state index contributed by atoms with van der Waals surface area (Å²) in [5.41, 5.74) is 0.104. The molecular weight excluding hydrogens is 234 g/mol. The van der Waals surface area contributed by atoms with Crippen LogP contribution in [0.5, 0.6) is 0 Å². The van der Waals surface area contributed by atoms with Crippen molar-refractivity contribution in [3.63, 3.8) is 0 Å². The molecule has 6 nitrogen and oxygen atoms in total. The van der Waals surface area contributed by atoms with Crippen LogP contribution < -0.4 is 11.1 Å². The average Bonchev–Trinajstić information content (AvgIpc) is 2.62. The molecule has 0 aliphatic carbocycles. The number of fused-ring (bicyclic) bond motifs is 1. The van der Waals surface area contributed by atoms with Gasteiger partial charge in [-0.2, -0.15) is 0 Å². The Morgan fingerprint density at radius 2 is 1.83 bits per heavy atom. The number of nitrogens with one attached hydrogen (secondary N) is 2. The number of para-hydroxylation sites is 2. The maximum atomic E-state index is 11.7. The van der Waals surface area contributed by atoms with E-state index in [9.17, 15) is 14.4 Å². The monoisotopic (exact) mass is 243 g/mol. The zero-order chi connectivity index (χ0) is 12.9. The van der Waals surface area contributed by atoms with Gasteiger partial charge < -0.3 is 4.98 Å². The van der Waals surface area contributed by atoms with Crippen molar-refractivity contribution in [2.45, 2.75) is 6.92 Å². The SMILES string of the molecule is CC(=O)n1c2c(=O)[nH]c(=O)c=2[nH]c2ccccc21. The minimum absolute atomic E-state index is 0.0613. The fraction of sp³-hybridized carbons (Fsp3) is 0.0833. The molecule has 90 valence electrons. The van der Waals surface area contributed by atoms with Crippen LogP contribution in [0, 0.1) is 10.7 Å². The van der Waals surface area contributed by atoms with Gasteiger partial charge in [-0.15, -0.1) is 0 Å². The van der Waals surface area contributed by atoms with Gasteiger partial charge in [0.2, 0.25) is 5.91 Å². The third-order valence-corrected chi connectivity index (χ3v) is 2.85. The van der Waals surface area contributed by atoms with Crippen LogP contribution in [0.15, 0.2) is 33.9 Å². The molecule has 0 spiro atoms. The molecule has 1 aromatic carbocycles. The lowest BCUT2D eigenvalue weighted by Gasteiger charge is -2.06. The average molecular weight is 243 g/mol. The number of carbonyl (C=O) groups excluding carboxylic acids is 1. The highest BCUT2D eigenvalue weighted by Gasteiger charge is 2.12. The van der Waals surface area contributed by atoms with Crippen LogP contribution >= 0.6 is 0 Å². The molecule has 18 heavy (non-hydrogen) atoms. The van der Waals surface area contributed by atoms with E-state index in [-0.39, 0.29) is 16.6 Å². The summed E-state index contributed by atoms with van der Waals surface area (Å²) in [5, 5.41) is 0.181. The molecule has 0 bridgehead atoms. The summed E-state index contributed by atoms with van der Waals surface area (Å²) in [5.74, 6) is -0.318. The first kappa shape index (κ1) is 10.5. The quantitative estimate of drug-likeness (QED) is 0.599. The zero-order valence-electron chi connectivity index (χ0n) is 9.48. The van der Waals surface area contributed by atoms with Crippen LogP contribution in [0.1, 0.15) is 11.7 Å². The highest BCUT2D eigenvalue weighted by molar-refractivity contribution is 5.88. The summed E-state index contributed by atoms with van der Waals surface area (Å²) in [7, 11) is 0. The molecule has 2 aliphatic heterocycles. The number of H-pyrrole nitrogens is 2. The zero-order valence-corrected chi connectivity index (χ0v) is 9.48. The second-order valence-electron chi connectivity index (χ2n) is 4.00. The number of carbonyl (C=O) groups is 1. The molecule has 0 amide bonds. The van der Waals surface area contributed by atoms with E-state index >= 15 is 0 Å². The molecule has 6 heteroatoms. The Balaban J connectivity index is 2.81. The Kier molecular flexibility index (Phi) is 2.00. The predicted molar refractivity (Wildman–Crippen MR) is 64.8 cm³/mol. The fourth-order valence-electron chi connectivity index (χ4n) is 2.13. The molecule has 0 fully saturated rings. The van der Waals surface area contributed by atoms with Gasteiger partial charge in [0.15, 0.2) is 0 Å². The molecule has 0 saturated heterocycles. The predicted octanol–water partition coefficient (Wildman–Crippen LogP) is 0.403. The van der Waals surface area contributed by atoms with Crippen molar-refractivity contribution in [2.24, 2.45) is 0 Å². The van der Waals surface area contributed by atoms with Crippen LogP contribution in [0.3, 0.4) is 0 Å². The number of nitrogens with zero attached hydrogens (tertiary/aromatic N) is 1. The van der Waals surface area contributed by atoms with Crippen molar-refractivity contribution < 1.29 is 4.79 Å². The molecule has 0 saturated carbocycles. The standard InChI is InChI=1S/C12H9N3O3/c1-6(16)15-8-5-3-2-4-7(8)13-9-10(15)12(18)14-11(9)17/h2-5,13H,1H3,(H,14,17,18). The van der Waals surface area contributed by atoms with Crippen molar-refractivity contribution in [2.75, 3.05) is 0 Å². The van der Waals surface area contributed by atoms with Gasteiger partial charge in [-0.05, 0) is 12.1 Å². The lowest BCUT2D eigenvalue weighted by atomic mass is 10.3. The van der Waals surface area contributed by atoms with Crippen molar-refractivity contribution in [3.05, 3.63) is 55.7 Å². The van der Waals surface area contributed by atoms with Gasteiger partial charge >= 0.3 is 0 Å². The molecule has 2 aliphatic rings. The minimum atomic E-state index is -0.563. The van der Waals surface area contributed by atoms with Gasteiger partial charge in [-0.25, -0.2) is 0 Å². The van der Waals surface area contributed by atoms with Gasteiger partial charge in [0.1, 0.15) is 10.7 Å². The lowest BCUT2D eigenvalue weighted by Crippen LogP contribution is -2.17. The van der Waals surface area contributed by atoms with Crippen LogP contribution in [-0.4, -0.2) is 20.4 Å². The van der Waals surface area contributed by atoms with E-state index in [0.717, 1.165) is 0 Å². The number of benzene rings is 1. The molecule has 2 N–H and O–H groups in total. The van der Waals surface area contributed by atoms with Crippen molar-refractivity contribution in [3.8, 4) is 0 Å². The highest BCUT2D eigenvalue weighted by Crippen LogP contribution is 2.10. The summed E-state index contributed by atoms with van der Waals surface area (Å²) < 4.78 is 1.25. The summed E-state index contributed by atoms with van der Waals surface area (Å²) >= 11 is 0. The maximum Gasteiger partial charge on any atom is 0.277 e. The third kappa shape index (κ3) is 1.26. The molecule has 0 unspecified atom stereocenters. The summed E-state index contributed by atoms with van der Waals surface area (Å²) in [6.45, 7) is 1.35. The van der Waals surface area contributed by atoms with E-state index in [1.165, 1.54) is 11.5 Å². The molecule has 0 atom stereocenters. The Morgan fingerprint density at radius 3 is 2.56 bits per heavy atom. The first-order chi connectivity index (χ1) is 8.59. The van der Waals surface area contributed by atoms with Gasteiger partial charge in [0.05, 0.1) is 11.0 Å². The molecule has 1 aromatic rings. The molecule has 0 radical (unpaired) electrons. The van der Waals surface area contributed by atoms with E-state index in [2.05, 4.69) is 9.97 Å². The second-order valence-corrected chi connectivity index (χ2v) is 4.00. The highest BCUT2D eigenvalue weighted by atomic mass is 16.2. The Hall–Kier alpha value is -2.63. The van der Waals surface area contributed by atoms with Crippen molar-refractivity contribution >= 4 is 16.9 Å². The van der Waals surface area contributed by atoms with E-state index in [4.69, 9.17) is 0 Å². The number of aromatic amines is 2. The smallest absolute Gasteiger partial charge is 0.277 e.